The van der Waals surface area contributed by atoms with Gasteiger partial charge < -0.3 is 15.3 Å². The lowest BCUT2D eigenvalue weighted by Crippen LogP contribution is -2.15. The molecule has 9 heteroatoms. The molecule has 2 aromatic carbocycles. The van der Waals surface area contributed by atoms with Gasteiger partial charge in [-0.15, -0.1) is 5.10 Å². The lowest BCUT2D eigenvalue weighted by molar-refractivity contribution is -0.113. The van der Waals surface area contributed by atoms with Crippen molar-refractivity contribution >= 4 is 29.0 Å². The molecule has 0 atom stereocenters. The Bertz CT molecular complexity index is 877. The second-order valence-corrected chi connectivity index (χ2v) is 6.61. The maximum absolute atomic E-state index is 12.2. The molecule has 26 heavy (non-hydrogen) atoms. The van der Waals surface area contributed by atoms with Crippen molar-refractivity contribution in [1.82, 2.24) is 20.2 Å². The molecule has 8 nitrogen and oxygen atoms in total. The summed E-state index contributed by atoms with van der Waals surface area (Å²) in [5, 5.41) is 24.2. The predicted molar refractivity (Wildman–Crippen MR) is 101 cm³/mol. The Labute approximate surface area is 154 Å². The minimum atomic E-state index is -0.146. The summed E-state index contributed by atoms with van der Waals surface area (Å²) in [4.78, 5) is 14.2. The Morgan fingerprint density at radius 1 is 1.15 bits per heavy atom. The average molecular weight is 370 g/mol. The summed E-state index contributed by atoms with van der Waals surface area (Å²) in [6.45, 7) is 0. The lowest BCUT2D eigenvalue weighted by atomic mass is 10.2. The van der Waals surface area contributed by atoms with Crippen LogP contribution in [0.4, 0.5) is 11.4 Å². The number of aromatic hydroxyl groups is 1. The number of aromatic nitrogens is 4. The molecule has 1 amide bonds. The maximum atomic E-state index is 12.2. The van der Waals surface area contributed by atoms with Crippen LogP contribution in [0.15, 0.2) is 53.7 Å². The molecule has 0 radical (unpaired) electrons. The Balaban J connectivity index is 1.60. The SMILES string of the molecule is CN(C)c1ccc(NC(=O)CSc2nnnn2-c2ccc(O)cc2)cc1. The second kappa shape index (κ2) is 7.87. The van der Waals surface area contributed by atoms with Crippen molar-refractivity contribution in [2.75, 3.05) is 30.1 Å². The lowest BCUT2D eigenvalue weighted by Gasteiger charge is -2.13. The number of carbonyl (C=O) groups is 1. The van der Waals surface area contributed by atoms with Crippen LogP contribution in [0.2, 0.25) is 0 Å². The summed E-state index contributed by atoms with van der Waals surface area (Å²) in [5.74, 6) is 0.192. The molecule has 0 saturated heterocycles. The van der Waals surface area contributed by atoms with Gasteiger partial charge in [0.15, 0.2) is 0 Å². The number of benzene rings is 2. The van der Waals surface area contributed by atoms with E-state index in [0.29, 0.717) is 10.8 Å². The molecule has 2 N–H and O–H groups in total. The van der Waals surface area contributed by atoms with E-state index in [9.17, 15) is 9.90 Å². The number of carbonyl (C=O) groups excluding carboxylic acids is 1. The number of anilines is 2. The molecule has 0 aliphatic rings. The summed E-state index contributed by atoms with van der Waals surface area (Å²) in [5.41, 5.74) is 2.50. The van der Waals surface area contributed by atoms with E-state index < -0.39 is 0 Å². The minimum absolute atomic E-state index is 0.146. The number of hydrogen-bond acceptors (Lipinski definition) is 7. The van der Waals surface area contributed by atoms with Gasteiger partial charge in [-0.1, -0.05) is 11.8 Å². The summed E-state index contributed by atoms with van der Waals surface area (Å²) in [6.07, 6.45) is 0. The largest absolute Gasteiger partial charge is 0.508 e. The van der Waals surface area contributed by atoms with Crippen molar-refractivity contribution in [2.24, 2.45) is 0 Å². The Morgan fingerprint density at radius 3 is 2.50 bits per heavy atom. The highest BCUT2D eigenvalue weighted by Gasteiger charge is 2.12. The Morgan fingerprint density at radius 2 is 1.85 bits per heavy atom. The van der Waals surface area contributed by atoms with Gasteiger partial charge in [0.1, 0.15) is 5.75 Å². The molecular formula is C17H18N6O2S. The second-order valence-electron chi connectivity index (χ2n) is 5.67. The van der Waals surface area contributed by atoms with Crippen LogP contribution in [-0.4, -0.2) is 51.1 Å². The zero-order valence-electron chi connectivity index (χ0n) is 14.3. The number of tetrazole rings is 1. The summed E-state index contributed by atoms with van der Waals surface area (Å²) in [6, 6.07) is 14.1. The number of nitrogens with zero attached hydrogens (tertiary/aromatic N) is 5. The summed E-state index contributed by atoms with van der Waals surface area (Å²) < 4.78 is 1.52. The Kier molecular flexibility index (Phi) is 5.37. The van der Waals surface area contributed by atoms with Crippen molar-refractivity contribution in [1.29, 1.82) is 0 Å². The van der Waals surface area contributed by atoms with E-state index in [1.807, 2.05) is 43.3 Å². The third kappa shape index (κ3) is 4.31. The summed E-state index contributed by atoms with van der Waals surface area (Å²) in [7, 11) is 3.92. The van der Waals surface area contributed by atoms with Crippen LogP contribution < -0.4 is 10.2 Å². The number of hydrogen-bond donors (Lipinski definition) is 2. The molecule has 3 rings (SSSR count). The normalized spacial score (nSPS) is 10.5. The molecule has 1 heterocycles. The van der Waals surface area contributed by atoms with E-state index in [0.717, 1.165) is 11.4 Å². The van der Waals surface area contributed by atoms with E-state index in [2.05, 4.69) is 20.8 Å². The van der Waals surface area contributed by atoms with E-state index in [1.165, 1.54) is 16.4 Å². The molecule has 0 fully saturated rings. The zero-order chi connectivity index (χ0) is 18.5. The number of nitrogens with one attached hydrogen (secondary N) is 1. The molecule has 0 unspecified atom stereocenters. The number of rotatable bonds is 6. The molecular weight excluding hydrogens is 352 g/mol. The fraction of sp³-hybridized carbons (Fsp3) is 0.176. The van der Waals surface area contributed by atoms with Crippen LogP contribution in [-0.2, 0) is 4.79 Å². The number of phenols is 1. The molecule has 0 spiro atoms. The van der Waals surface area contributed by atoms with Gasteiger partial charge in [-0.25, -0.2) is 0 Å². The van der Waals surface area contributed by atoms with Crippen molar-refractivity contribution in [3.05, 3.63) is 48.5 Å². The molecule has 0 aliphatic heterocycles. The smallest absolute Gasteiger partial charge is 0.234 e. The molecule has 3 aromatic rings. The molecule has 134 valence electrons. The quantitative estimate of drug-likeness (QED) is 0.642. The third-order valence-electron chi connectivity index (χ3n) is 3.54. The molecule has 0 saturated carbocycles. The van der Waals surface area contributed by atoms with Crippen molar-refractivity contribution in [3.8, 4) is 11.4 Å². The van der Waals surface area contributed by atoms with Gasteiger partial charge in [0.05, 0.1) is 11.4 Å². The first-order valence-corrected chi connectivity index (χ1v) is 8.79. The van der Waals surface area contributed by atoms with Crippen molar-refractivity contribution in [3.63, 3.8) is 0 Å². The van der Waals surface area contributed by atoms with Gasteiger partial charge in [0.25, 0.3) is 0 Å². The monoisotopic (exact) mass is 370 g/mol. The van der Waals surface area contributed by atoms with Gasteiger partial charge in [-0.05, 0) is 59.0 Å². The number of amides is 1. The predicted octanol–water partition coefficient (Wildman–Crippen LogP) is 2.16. The Hall–Kier alpha value is -3.07. The highest BCUT2D eigenvalue weighted by molar-refractivity contribution is 7.99. The van der Waals surface area contributed by atoms with Crippen LogP contribution in [0.5, 0.6) is 5.75 Å². The van der Waals surface area contributed by atoms with E-state index in [1.54, 1.807) is 24.3 Å². The molecule has 0 bridgehead atoms. The minimum Gasteiger partial charge on any atom is -0.508 e. The van der Waals surface area contributed by atoms with Crippen LogP contribution >= 0.6 is 11.8 Å². The average Bonchev–Trinajstić information content (AvgIpc) is 3.09. The fourth-order valence-corrected chi connectivity index (χ4v) is 2.89. The van der Waals surface area contributed by atoms with Crippen molar-refractivity contribution < 1.29 is 9.90 Å². The van der Waals surface area contributed by atoms with E-state index in [4.69, 9.17) is 0 Å². The molecule has 0 aliphatic carbocycles. The van der Waals surface area contributed by atoms with E-state index in [-0.39, 0.29) is 17.4 Å². The summed E-state index contributed by atoms with van der Waals surface area (Å²) >= 11 is 1.23. The fourth-order valence-electron chi connectivity index (χ4n) is 2.19. The third-order valence-corrected chi connectivity index (χ3v) is 4.45. The molecule has 1 aromatic heterocycles. The van der Waals surface area contributed by atoms with Gasteiger partial charge in [0, 0.05) is 25.5 Å². The van der Waals surface area contributed by atoms with Crippen LogP contribution in [0.1, 0.15) is 0 Å². The first-order valence-electron chi connectivity index (χ1n) is 7.81. The van der Waals surface area contributed by atoms with Crippen molar-refractivity contribution in [2.45, 2.75) is 5.16 Å². The van der Waals surface area contributed by atoms with Crippen LogP contribution in [0, 0.1) is 0 Å². The topological polar surface area (TPSA) is 96.2 Å². The first-order chi connectivity index (χ1) is 12.5. The maximum Gasteiger partial charge on any atom is 0.234 e. The van der Waals surface area contributed by atoms with E-state index >= 15 is 0 Å². The van der Waals surface area contributed by atoms with Gasteiger partial charge >= 0.3 is 0 Å². The number of phenolic OH excluding ortho intramolecular Hbond substituents is 1. The van der Waals surface area contributed by atoms with Crippen LogP contribution in [0.25, 0.3) is 5.69 Å². The van der Waals surface area contributed by atoms with Gasteiger partial charge in [-0.3, -0.25) is 4.79 Å². The zero-order valence-corrected chi connectivity index (χ0v) is 15.1. The van der Waals surface area contributed by atoms with Gasteiger partial charge in [-0.2, -0.15) is 4.68 Å². The van der Waals surface area contributed by atoms with Gasteiger partial charge in [0.2, 0.25) is 11.1 Å². The highest BCUT2D eigenvalue weighted by atomic mass is 32.2. The first kappa shape index (κ1) is 17.7. The highest BCUT2D eigenvalue weighted by Crippen LogP contribution is 2.21. The standard InChI is InChI=1S/C17H18N6O2S/c1-22(2)13-5-3-12(4-6-13)18-16(25)11-26-17-19-20-21-23(17)14-7-9-15(24)10-8-14/h3-10,24H,11H2,1-2H3,(H,18,25). The number of thioether (sulfide) groups is 1. The van der Waals surface area contributed by atoms with Crippen LogP contribution in [0.3, 0.4) is 0 Å².